The van der Waals surface area contributed by atoms with Crippen LogP contribution in [0.25, 0.3) is 0 Å². The van der Waals surface area contributed by atoms with E-state index in [9.17, 15) is 9.18 Å². The molecule has 2 N–H and O–H groups in total. The Balaban J connectivity index is 2.98. The minimum atomic E-state index is -0.496. The standard InChI is InChI=1S/C15H19FN2O/c1-4-11(2)18(3)15(19)13-8-7-12(6-5-9-17)14(16)10-13/h7-8,10-11H,4,9,17H2,1-3H3. The number of rotatable bonds is 3. The fraction of sp³-hybridized carbons (Fsp3) is 0.400. The van der Waals surface area contributed by atoms with Gasteiger partial charge in [0, 0.05) is 18.7 Å². The summed E-state index contributed by atoms with van der Waals surface area (Å²) in [5.74, 6) is 4.53. The lowest BCUT2D eigenvalue weighted by Crippen LogP contribution is -2.34. The molecular weight excluding hydrogens is 243 g/mol. The molecule has 0 aliphatic rings. The van der Waals surface area contributed by atoms with Crippen molar-refractivity contribution >= 4 is 5.91 Å². The summed E-state index contributed by atoms with van der Waals surface area (Å²) < 4.78 is 13.8. The van der Waals surface area contributed by atoms with E-state index in [1.807, 2.05) is 13.8 Å². The lowest BCUT2D eigenvalue weighted by molar-refractivity contribution is 0.0740. The Kier molecular flexibility index (Phi) is 5.53. The molecule has 1 aromatic carbocycles. The zero-order valence-corrected chi connectivity index (χ0v) is 11.5. The highest BCUT2D eigenvalue weighted by atomic mass is 19.1. The van der Waals surface area contributed by atoms with E-state index in [2.05, 4.69) is 11.8 Å². The monoisotopic (exact) mass is 262 g/mol. The highest BCUT2D eigenvalue weighted by Gasteiger charge is 2.17. The van der Waals surface area contributed by atoms with Gasteiger partial charge in [0.25, 0.3) is 5.91 Å². The van der Waals surface area contributed by atoms with E-state index >= 15 is 0 Å². The number of carbonyl (C=O) groups is 1. The van der Waals surface area contributed by atoms with Gasteiger partial charge in [-0.15, -0.1) is 0 Å². The van der Waals surface area contributed by atoms with E-state index in [4.69, 9.17) is 5.73 Å². The second-order valence-corrected chi connectivity index (χ2v) is 4.37. The quantitative estimate of drug-likeness (QED) is 0.847. The van der Waals surface area contributed by atoms with Gasteiger partial charge in [-0.05, 0) is 31.5 Å². The number of amides is 1. The Morgan fingerprint density at radius 3 is 2.74 bits per heavy atom. The summed E-state index contributed by atoms with van der Waals surface area (Å²) in [5, 5.41) is 0. The van der Waals surface area contributed by atoms with Crippen LogP contribution in [0, 0.1) is 17.7 Å². The summed E-state index contributed by atoms with van der Waals surface area (Å²) in [4.78, 5) is 13.7. The van der Waals surface area contributed by atoms with Crippen molar-refractivity contribution in [2.24, 2.45) is 5.73 Å². The summed E-state index contributed by atoms with van der Waals surface area (Å²) >= 11 is 0. The first kappa shape index (κ1) is 15.2. The molecule has 0 radical (unpaired) electrons. The molecule has 0 spiro atoms. The fourth-order valence-corrected chi connectivity index (χ4v) is 1.57. The van der Waals surface area contributed by atoms with Crippen molar-refractivity contribution < 1.29 is 9.18 Å². The van der Waals surface area contributed by atoms with Crippen molar-refractivity contribution in [2.75, 3.05) is 13.6 Å². The van der Waals surface area contributed by atoms with Gasteiger partial charge < -0.3 is 10.6 Å². The summed E-state index contributed by atoms with van der Waals surface area (Å²) in [6.45, 7) is 4.13. The van der Waals surface area contributed by atoms with Crippen LogP contribution in [-0.4, -0.2) is 30.4 Å². The topological polar surface area (TPSA) is 46.3 Å². The molecule has 0 saturated heterocycles. The van der Waals surface area contributed by atoms with E-state index in [0.29, 0.717) is 5.56 Å². The number of nitrogens with zero attached hydrogens (tertiary/aromatic N) is 1. The van der Waals surface area contributed by atoms with Crippen LogP contribution in [0.5, 0.6) is 0 Å². The van der Waals surface area contributed by atoms with Gasteiger partial charge >= 0.3 is 0 Å². The van der Waals surface area contributed by atoms with Crippen LogP contribution in [0.2, 0.25) is 0 Å². The van der Waals surface area contributed by atoms with Crippen molar-refractivity contribution in [3.8, 4) is 11.8 Å². The van der Waals surface area contributed by atoms with Crippen molar-refractivity contribution in [1.29, 1.82) is 0 Å². The number of hydrogen-bond donors (Lipinski definition) is 1. The van der Waals surface area contributed by atoms with Gasteiger partial charge in [0.05, 0.1) is 12.1 Å². The van der Waals surface area contributed by atoms with Crippen LogP contribution in [0.1, 0.15) is 36.2 Å². The van der Waals surface area contributed by atoms with Crippen LogP contribution >= 0.6 is 0 Å². The number of benzene rings is 1. The van der Waals surface area contributed by atoms with Crippen molar-refractivity contribution in [1.82, 2.24) is 4.90 Å². The molecule has 0 aromatic heterocycles. The summed E-state index contributed by atoms with van der Waals surface area (Å²) in [7, 11) is 1.72. The maximum Gasteiger partial charge on any atom is 0.253 e. The molecule has 1 atom stereocenters. The normalized spacial score (nSPS) is 11.4. The SMILES string of the molecule is CCC(C)N(C)C(=O)c1ccc(C#CCN)c(F)c1. The minimum Gasteiger partial charge on any atom is -0.339 e. The van der Waals surface area contributed by atoms with E-state index in [-0.39, 0.29) is 24.1 Å². The molecule has 1 aromatic rings. The smallest absolute Gasteiger partial charge is 0.253 e. The fourth-order valence-electron chi connectivity index (χ4n) is 1.57. The minimum absolute atomic E-state index is 0.118. The third-order valence-electron chi connectivity index (χ3n) is 3.11. The number of hydrogen-bond acceptors (Lipinski definition) is 2. The molecule has 102 valence electrons. The van der Waals surface area contributed by atoms with Crippen molar-refractivity contribution in [3.05, 3.63) is 35.1 Å². The second-order valence-electron chi connectivity index (χ2n) is 4.37. The zero-order valence-electron chi connectivity index (χ0n) is 11.5. The molecule has 0 bridgehead atoms. The zero-order chi connectivity index (χ0) is 14.4. The second kappa shape index (κ2) is 6.91. The van der Waals surface area contributed by atoms with Crippen LogP contribution in [0.15, 0.2) is 18.2 Å². The first-order valence-corrected chi connectivity index (χ1v) is 6.26. The third kappa shape index (κ3) is 3.80. The molecule has 0 aliphatic carbocycles. The Bertz CT molecular complexity index is 517. The first-order valence-electron chi connectivity index (χ1n) is 6.26. The third-order valence-corrected chi connectivity index (χ3v) is 3.11. The number of nitrogens with two attached hydrogens (primary N) is 1. The summed E-state index contributed by atoms with van der Waals surface area (Å²) in [5.41, 5.74) is 5.83. The van der Waals surface area contributed by atoms with Crippen LogP contribution < -0.4 is 5.73 Å². The lowest BCUT2D eigenvalue weighted by Gasteiger charge is -2.23. The van der Waals surface area contributed by atoms with E-state index < -0.39 is 5.82 Å². The molecule has 4 heteroatoms. The number of halogens is 1. The lowest BCUT2D eigenvalue weighted by atomic mass is 10.1. The van der Waals surface area contributed by atoms with Gasteiger partial charge in [-0.1, -0.05) is 18.8 Å². The Labute approximate surface area is 113 Å². The van der Waals surface area contributed by atoms with Gasteiger partial charge in [0.1, 0.15) is 5.82 Å². The summed E-state index contributed by atoms with van der Waals surface area (Å²) in [6.07, 6.45) is 0.852. The maximum atomic E-state index is 13.8. The van der Waals surface area contributed by atoms with Crippen LogP contribution in [-0.2, 0) is 0 Å². The molecule has 0 fully saturated rings. The van der Waals surface area contributed by atoms with Gasteiger partial charge in [-0.2, -0.15) is 0 Å². The molecular formula is C15H19FN2O. The largest absolute Gasteiger partial charge is 0.339 e. The van der Waals surface area contributed by atoms with Crippen LogP contribution in [0.4, 0.5) is 4.39 Å². The highest BCUT2D eigenvalue weighted by molar-refractivity contribution is 5.94. The number of carbonyl (C=O) groups excluding carboxylic acids is 1. The van der Waals surface area contributed by atoms with Crippen molar-refractivity contribution in [3.63, 3.8) is 0 Å². The van der Waals surface area contributed by atoms with E-state index in [1.54, 1.807) is 18.0 Å². The molecule has 1 amide bonds. The van der Waals surface area contributed by atoms with Gasteiger partial charge in [0.15, 0.2) is 0 Å². The molecule has 0 heterocycles. The highest BCUT2D eigenvalue weighted by Crippen LogP contribution is 2.13. The molecule has 0 aliphatic heterocycles. The van der Waals surface area contributed by atoms with E-state index in [0.717, 1.165) is 6.42 Å². The van der Waals surface area contributed by atoms with Gasteiger partial charge in [-0.3, -0.25) is 4.79 Å². The molecule has 0 saturated carbocycles. The van der Waals surface area contributed by atoms with Gasteiger partial charge in [-0.25, -0.2) is 4.39 Å². The molecule has 1 unspecified atom stereocenters. The predicted molar refractivity (Wildman–Crippen MR) is 74.2 cm³/mol. The predicted octanol–water partition coefficient (Wildman–Crippen LogP) is 2.01. The molecule has 3 nitrogen and oxygen atoms in total. The van der Waals surface area contributed by atoms with Crippen molar-refractivity contribution in [2.45, 2.75) is 26.3 Å². The van der Waals surface area contributed by atoms with E-state index in [1.165, 1.54) is 12.1 Å². The summed E-state index contributed by atoms with van der Waals surface area (Å²) in [6, 6.07) is 4.44. The maximum absolute atomic E-state index is 13.8. The molecule has 1 rings (SSSR count). The van der Waals surface area contributed by atoms with Gasteiger partial charge in [0.2, 0.25) is 0 Å². The average molecular weight is 262 g/mol. The Hall–Kier alpha value is -1.86. The Morgan fingerprint density at radius 2 is 2.21 bits per heavy atom. The average Bonchev–Trinajstić information content (AvgIpc) is 2.43. The first-order chi connectivity index (χ1) is 9.01. The molecule has 19 heavy (non-hydrogen) atoms. The van der Waals surface area contributed by atoms with Crippen LogP contribution in [0.3, 0.4) is 0 Å². The Morgan fingerprint density at radius 1 is 1.53 bits per heavy atom.